The van der Waals surface area contributed by atoms with Crippen LogP contribution in [0.5, 0.6) is 0 Å². The van der Waals surface area contributed by atoms with Crippen LogP contribution >= 0.6 is 0 Å². The van der Waals surface area contributed by atoms with E-state index in [-0.39, 0.29) is 0 Å². The van der Waals surface area contributed by atoms with E-state index in [1.54, 1.807) is 30.1 Å². The zero-order valence-electron chi connectivity index (χ0n) is 9.54. The van der Waals surface area contributed by atoms with Gasteiger partial charge in [-0.05, 0) is 24.6 Å². The summed E-state index contributed by atoms with van der Waals surface area (Å²) in [7, 11) is 0. The summed E-state index contributed by atoms with van der Waals surface area (Å²) in [5.41, 5.74) is 1.32. The van der Waals surface area contributed by atoms with E-state index in [4.69, 9.17) is 4.74 Å². The maximum atomic E-state index is 11.4. The Morgan fingerprint density at radius 1 is 1.47 bits per heavy atom. The quantitative estimate of drug-likeness (QED) is 0.748. The van der Waals surface area contributed by atoms with Gasteiger partial charge in [0.15, 0.2) is 0 Å². The number of hydrogen-bond donors (Lipinski definition) is 0. The molecule has 0 radical (unpaired) electrons. The molecule has 0 atom stereocenters. The average molecular weight is 231 g/mol. The largest absolute Gasteiger partial charge is 0.461 e. The molecule has 0 aromatic carbocycles. The molecule has 2 heterocycles. The lowest BCUT2D eigenvalue weighted by Gasteiger charge is -2.03. The maximum absolute atomic E-state index is 11.4. The van der Waals surface area contributed by atoms with E-state index < -0.39 is 5.97 Å². The summed E-state index contributed by atoms with van der Waals surface area (Å²) in [6.07, 6.45) is 5.26. The molecular weight excluding hydrogens is 218 g/mol. The van der Waals surface area contributed by atoms with Crippen LogP contribution in [0, 0.1) is 0 Å². The van der Waals surface area contributed by atoms with Crippen molar-refractivity contribution < 1.29 is 9.53 Å². The molecule has 5 nitrogen and oxygen atoms in total. The standard InChI is InChI=1S/C12H13N3O2/c1-2-17-12(16)11-5-4-10(8-13-11)9-15-7-3-6-14-15/h3-8H,2,9H2,1H3. The third-order valence-corrected chi connectivity index (χ3v) is 2.21. The van der Waals surface area contributed by atoms with Crippen molar-refractivity contribution in [3.8, 4) is 0 Å². The smallest absolute Gasteiger partial charge is 0.356 e. The highest BCUT2D eigenvalue weighted by Gasteiger charge is 2.07. The van der Waals surface area contributed by atoms with E-state index in [0.29, 0.717) is 18.8 Å². The lowest BCUT2D eigenvalue weighted by atomic mass is 10.2. The second-order valence-corrected chi connectivity index (χ2v) is 3.48. The molecule has 0 aliphatic carbocycles. The van der Waals surface area contributed by atoms with Crippen LogP contribution in [0.15, 0.2) is 36.8 Å². The number of carbonyl (C=O) groups excluding carboxylic acids is 1. The Hall–Kier alpha value is -2.17. The normalized spacial score (nSPS) is 10.2. The lowest BCUT2D eigenvalue weighted by Crippen LogP contribution is -2.08. The summed E-state index contributed by atoms with van der Waals surface area (Å²) < 4.78 is 6.65. The second-order valence-electron chi connectivity index (χ2n) is 3.48. The Balaban J connectivity index is 2.05. The number of rotatable bonds is 4. The van der Waals surface area contributed by atoms with E-state index in [0.717, 1.165) is 5.56 Å². The van der Waals surface area contributed by atoms with E-state index >= 15 is 0 Å². The van der Waals surface area contributed by atoms with Gasteiger partial charge >= 0.3 is 5.97 Å². The minimum Gasteiger partial charge on any atom is -0.461 e. The monoisotopic (exact) mass is 231 g/mol. The molecule has 0 unspecified atom stereocenters. The molecule has 0 aliphatic heterocycles. The van der Waals surface area contributed by atoms with E-state index in [1.807, 2.05) is 18.3 Å². The van der Waals surface area contributed by atoms with Gasteiger partial charge in [0, 0.05) is 18.6 Å². The van der Waals surface area contributed by atoms with Crippen LogP contribution in [0.2, 0.25) is 0 Å². The van der Waals surface area contributed by atoms with Crippen LogP contribution < -0.4 is 0 Å². The first-order valence-corrected chi connectivity index (χ1v) is 5.39. The Labute approximate surface area is 99.1 Å². The lowest BCUT2D eigenvalue weighted by molar-refractivity contribution is 0.0519. The molecule has 0 aliphatic rings. The second kappa shape index (κ2) is 5.25. The third kappa shape index (κ3) is 2.90. The molecule has 17 heavy (non-hydrogen) atoms. The Bertz CT molecular complexity index is 477. The van der Waals surface area contributed by atoms with Crippen molar-refractivity contribution >= 4 is 5.97 Å². The molecule has 2 aromatic heterocycles. The highest BCUT2D eigenvalue weighted by Crippen LogP contribution is 2.04. The first-order valence-electron chi connectivity index (χ1n) is 5.39. The summed E-state index contributed by atoms with van der Waals surface area (Å²) in [6.45, 7) is 2.77. The fraction of sp³-hybridized carbons (Fsp3) is 0.250. The number of pyridine rings is 1. The highest BCUT2D eigenvalue weighted by atomic mass is 16.5. The Kier molecular flexibility index (Phi) is 3.49. The molecule has 2 aromatic rings. The van der Waals surface area contributed by atoms with E-state index in [9.17, 15) is 4.79 Å². The molecule has 0 bridgehead atoms. The molecule has 0 fully saturated rings. The highest BCUT2D eigenvalue weighted by molar-refractivity contribution is 5.87. The van der Waals surface area contributed by atoms with Crippen molar-refractivity contribution in [2.45, 2.75) is 13.5 Å². The topological polar surface area (TPSA) is 57.0 Å². The van der Waals surface area contributed by atoms with E-state index in [1.165, 1.54) is 0 Å². The molecule has 2 rings (SSSR count). The fourth-order valence-electron chi connectivity index (χ4n) is 1.42. The Morgan fingerprint density at radius 2 is 2.35 bits per heavy atom. The molecular formula is C12H13N3O2. The van der Waals surface area contributed by atoms with Gasteiger partial charge in [-0.25, -0.2) is 9.78 Å². The van der Waals surface area contributed by atoms with Crippen LogP contribution in [0.1, 0.15) is 23.0 Å². The van der Waals surface area contributed by atoms with Gasteiger partial charge in [-0.2, -0.15) is 5.10 Å². The zero-order chi connectivity index (χ0) is 12.1. The zero-order valence-corrected chi connectivity index (χ0v) is 9.54. The van der Waals surface area contributed by atoms with Gasteiger partial charge in [0.2, 0.25) is 0 Å². The van der Waals surface area contributed by atoms with Crippen molar-refractivity contribution in [3.05, 3.63) is 48.0 Å². The molecule has 0 saturated heterocycles. The van der Waals surface area contributed by atoms with Crippen molar-refractivity contribution in [2.75, 3.05) is 6.61 Å². The van der Waals surface area contributed by atoms with Gasteiger partial charge in [-0.15, -0.1) is 0 Å². The molecule has 88 valence electrons. The predicted molar refractivity (Wildman–Crippen MR) is 61.5 cm³/mol. The van der Waals surface area contributed by atoms with Gasteiger partial charge in [-0.1, -0.05) is 6.07 Å². The molecule has 0 saturated carbocycles. The number of hydrogen-bond acceptors (Lipinski definition) is 4. The van der Waals surface area contributed by atoms with Crippen molar-refractivity contribution in [3.63, 3.8) is 0 Å². The number of esters is 1. The maximum Gasteiger partial charge on any atom is 0.356 e. The average Bonchev–Trinajstić information content (AvgIpc) is 2.83. The number of nitrogens with zero attached hydrogens (tertiary/aromatic N) is 3. The Morgan fingerprint density at radius 3 is 2.94 bits per heavy atom. The minimum absolute atomic E-state index is 0.330. The van der Waals surface area contributed by atoms with E-state index in [2.05, 4.69) is 10.1 Å². The SMILES string of the molecule is CCOC(=O)c1ccc(Cn2cccn2)cn1. The van der Waals surface area contributed by atoms with Crippen LogP contribution in [-0.4, -0.2) is 27.3 Å². The summed E-state index contributed by atoms with van der Waals surface area (Å²) in [5.74, 6) is -0.391. The van der Waals surface area contributed by atoms with Gasteiger partial charge < -0.3 is 4.74 Å². The van der Waals surface area contributed by atoms with Crippen LogP contribution in [0.3, 0.4) is 0 Å². The predicted octanol–water partition coefficient (Wildman–Crippen LogP) is 1.50. The third-order valence-electron chi connectivity index (χ3n) is 2.21. The van der Waals surface area contributed by atoms with Crippen molar-refractivity contribution in [2.24, 2.45) is 0 Å². The summed E-state index contributed by atoms with van der Waals surface area (Å²) in [4.78, 5) is 15.4. The van der Waals surface area contributed by atoms with Gasteiger partial charge in [-0.3, -0.25) is 4.68 Å². The summed E-state index contributed by atoms with van der Waals surface area (Å²) >= 11 is 0. The fourth-order valence-corrected chi connectivity index (χ4v) is 1.42. The van der Waals surface area contributed by atoms with Crippen molar-refractivity contribution in [1.29, 1.82) is 0 Å². The van der Waals surface area contributed by atoms with Crippen LogP contribution in [0.4, 0.5) is 0 Å². The molecule has 5 heteroatoms. The number of carbonyl (C=O) groups is 1. The van der Waals surface area contributed by atoms with Crippen LogP contribution in [0.25, 0.3) is 0 Å². The van der Waals surface area contributed by atoms with Crippen molar-refractivity contribution in [1.82, 2.24) is 14.8 Å². The number of aromatic nitrogens is 3. The first kappa shape index (κ1) is 11.3. The molecule has 0 spiro atoms. The molecule has 0 amide bonds. The first-order chi connectivity index (χ1) is 8.29. The van der Waals surface area contributed by atoms with Crippen LogP contribution in [-0.2, 0) is 11.3 Å². The molecule has 0 N–H and O–H groups in total. The summed E-state index contributed by atoms with van der Waals surface area (Å²) in [6, 6.07) is 5.37. The minimum atomic E-state index is -0.391. The number of ether oxygens (including phenoxy) is 1. The van der Waals surface area contributed by atoms with Gasteiger partial charge in [0.1, 0.15) is 5.69 Å². The van der Waals surface area contributed by atoms with Gasteiger partial charge in [0.05, 0.1) is 13.2 Å². The summed E-state index contributed by atoms with van der Waals surface area (Å²) in [5, 5.41) is 4.10. The van der Waals surface area contributed by atoms with Gasteiger partial charge in [0.25, 0.3) is 0 Å².